The van der Waals surface area contributed by atoms with E-state index in [9.17, 15) is 18.4 Å². The monoisotopic (exact) mass is 446 g/mol. The van der Waals surface area contributed by atoms with Crippen LogP contribution in [0.2, 0.25) is 0 Å². The van der Waals surface area contributed by atoms with Crippen molar-refractivity contribution in [2.45, 2.75) is 69.5 Å². The Labute approximate surface area is 188 Å². The second-order valence-corrected chi connectivity index (χ2v) is 9.37. The van der Waals surface area contributed by atoms with Crippen LogP contribution in [0.15, 0.2) is 24.3 Å². The number of ether oxygens (including phenoxy) is 1. The number of nitrogens with zero attached hydrogens (tertiary/aromatic N) is 1. The molecule has 0 radical (unpaired) electrons. The Balaban J connectivity index is 1.22. The summed E-state index contributed by atoms with van der Waals surface area (Å²) in [5.74, 6) is -0.994. The van der Waals surface area contributed by atoms with E-state index < -0.39 is 11.6 Å². The molecule has 2 amide bonds. The SMILES string of the molecule is O=C(NCC1CCC2(CCN(C(=O)C=Cc3cc(F)ccc3F)CC2)O1)C1CCCCC1. The van der Waals surface area contributed by atoms with Gasteiger partial charge in [-0.25, -0.2) is 8.78 Å². The molecule has 5 nitrogen and oxygen atoms in total. The standard InChI is InChI=1S/C25H32F2N2O3/c26-20-7-8-22(27)19(16-20)6-9-23(30)29-14-12-25(13-15-29)11-10-21(32-25)17-28-24(31)18-4-2-1-3-5-18/h6-9,16,18,21H,1-5,10-15,17H2,(H,28,31). The maximum Gasteiger partial charge on any atom is 0.246 e. The predicted octanol–water partition coefficient (Wildman–Crippen LogP) is 4.21. The number of nitrogens with one attached hydrogen (secondary N) is 1. The fourth-order valence-electron chi connectivity index (χ4n) is 5.17. The van der Waals surface area contributed by atoms with Crippen LogP contribution >= 0.6 is 0 Å². The second kappa shape index (κ2) is 10.1. The minimum Gasteiger partial charge on any atom is -0.370 e. The second-order valence-electron chi connectivity index (χ2n) is 9.37. The summed E-state index contributed by atoms with van der Waals surface area (Å²) >= 11 is 0. The smallest absolute Gasteiger partial charge is 0.246 e. The van der Waals surface area contributed by atoms with Gasteiger partial charge in [-0.1, -0.05) is 19.3 Å². The van der Waals surface area contributed by atoms with Crippen LogP contribution in [0.25, 0.3) is 6.08 Å². The first kappa shape index (κ1) is 22.9. The Morgan fingerprint density at radius 3 is 2.59 bits per heavy atom. The van der Waals surface area contributed by atoms with Gasteiger partial charge in [0.05, 0.1) is 11.7 Å². The lowest BCUT2D eigenvalue weighted by atomic mass is 9.88. The van der Waals surface area contributed by atoms with Crippen LogP contribution in [0.5, 0.6) is 0 Å². The lowest BCUT2D eigenvalue weighted by Crippen LogP contribution is -2.47. The Morgan fingerprint density at radius 1 is 1.09 bits per heavy atom. The van der Waals surface area contributed by atoms with Gasteiger partial charge in [0.1, 0.15) is 11.6 Å². The van der Waals surface area contributed by atoms with Crippen molar-refractivity contribution >= 4 is 17.9 Å². The molecule has 1 aromatic rings. The van der Waals surface area contributed by atoms with Crippen molar-refractivity contribution in [3.05, 3.63) is 41.5 Å². The minimum absolute atomic E-state index is 0.0284. The van der Waals surface area contributed by atoms with Crippen LogP contribution < -0.4 is 5.32 Å². The molecule has 7 heteroatoms. The van der Waals surface area contributed by atoms with Gasteiger partial charge in [-0.05, 0) is 62.8 Å². The highest BCUT2D eigenvalue weighted by atomic mass is 19.1. The Morgan fingerprint density at radius 2 is 1.84 bits per heavy atom. The molecule has 2 heterocycles. The zero-order chi connectivity index (χ0) is 22.6. The molecular formula is C25H32F2N2O3. The van der Waals surface area contributed by atoms with Crippen LogP contribution in [-0.2, 0) is 14.3 Å². The Hall–Kier alpha value is -2.28. The molecule has 1 N–H and O–H groups in total. The normalized spacial score (nSPS) is 23.7. The molecule has 32 heavy (non-hydrogen) atoms. The van der Waals surface area contributed by atoms with Gasteiger partial charge in [0, 0.05) is 37.2 Å². The summed E-state index contributed by atoms with van der Waals surface area (Å²) in [5, 5.41) is 3.09. The van der Waals surface area contributed by atoms with E-state index in [0.29, 0.717) is 19.6 Å². The van der Waals surface area contributed by atoms with Gasteiger partial charge in [-0.15, -0.1) is 0 Å². The molecule has 2 aliphatic heterocycles. The van der Waals surface area contributed by atoms with Crippen molar-refractivity contribution in [2.24, 2.45) is 5.92 Å². The zero-order valence-corrected chi connectivity index (χ0v) is 18.5. The van der Waals surface area contributed by atoms with Crippen molar-refractivity contribution in [1.82, 2.24) is 10.2 Å². The number of hydrogen-bond donors (Lipinski definition) is 1. The molecule has 0 bridgehead atoms. The number of carbonyl (C=O) groups is 2. The van der Waals surface area contributed by atoms with Crippen LogP contribution in [0, 0.1) is 17.6 Å². The predicted molar refractivity (Wildman–Crippen MR) is 118 cm³/mol. The summed E-state index contributed by atoms with van der Waals surface area (Å²) in [5.41, 5.74) is -0.167. The lowest BCUT2D eigenvalue weighted by Gasteiger charge is -2.39. The fraction of sp³-hybridized carbons (Fsp3) is 0.600. The maximum absolute atomic E-state index is 13.7. The average Bonchev–Trinajstić information content (AvgIpc) is 3.21. The molecule has 1 aromatic carbocycles. The molecule has 3 aliphatic rings. The largest absolute Gasteiger partial charge is 0.370 e. The number of benzene rings is 1. The molecule has 4 rings (SSSR count). The van der Waals surface area contributed by atoms with Crippen LogP contribution in [0.4, 0.5) is 8.78 Å². The molecule has 1 aliphatic carbocycles. The average molecular weight is 447 g/mol. The van der Waals surface area contributed by atoms with E-state index in [2.05, 4.69) is 5.32 Å². The molecule has 174 valence electrons. The quantitative estimate of drug-likeness (QED) is 0.690. The van der Waals surface area contributed by atoms with E-state index in [0.717, 1.165) is 69.6 Å². The third-order valence-electron chi connectivity index (χ3n) is 7.17. The highest BCUT2D eigenvalue weighted by Gasteiger charge is 2.43. The maximum atomic E-state index is 13.7. The number of likely N-dealkylation sites (tertiary alicyclic amines) is 1. The number of amides is 2. The van der Waals surface area contributed by atoms with Crippen LogP contribution in [0.3, 0.4) is 0 Å². The third kappa shape index (κ3) is 5.55. The van der Waals surface area contributed by atoms with Crippen molar-refractivity contribution in [3.63, 3.8) is 0 Å². The number of halogens is 2. The van der Waals surface area contributed by atoms with Crippen molar-refractivity contribution in [2.75, 3.05) is 19.6 Å². The van der Waals surface area contributed by atoms with E-state index in [4.69, 9.17) is 4.74 Å². The molecular weight excluding hydrogens is 414 g/mol. The molecule has 1 saturated carbocycles. The Kier molecular flexibility index (Phi) is 7.23. The van der Waals surface area contributed by atoms with Gasteiger partial charge in [-0.3, -0.25) is 9.59 Å². The van der Waals surface area contributed by atoms with Gasteiger partial charge in [-0.2, -0.15) is 0 Å². The molecule has 1 atom stereocenters. The Bertz CT molecular complexity index is 859. The molecule has 1 spiro atoms. The zero-order valence-electron chi connectivity index (χ0n) is 18.5. The first-order valence-electron chi connectivity index (χ1n) is 11.8. The van der Waals surface area contributed by atoms with E-state index in [1.807, 2.05) is 0 Å². The summed E-state index contributed by atoms with van der Waals surface area (Å²) in [4.78, 5) is 26.6. The van der Waals surface area contributed by atoms with Crippen molar-refractivity contribution < 1.29 is 23.1 Å². The molecule has 3 fully saturated rings. The molecule has 1 unspecified atom stereocenters. The first-order chi connectivity index (χ1) is 15.4. The lowest BCUT2D eigenvalue weighted by molar-refractivity contribution is -0.134. The topological polar surface area (TPSA) is 58.6 Å². The van der Waals surface area contributed by atoms with Crippen LogP contribution in [0.1, 0.15) is 63.4 Å². The summed E-state index contributed by atoms with van der Waals surface area (Å²) in [6.45, 7) is 1.69. The number of hydrogen-bond acceptors (Lipinski definition) is 3. The third-order valence-corrected chi connectivity index (χ3v) is 7.17. The fourth-order valence-corrected chi connectivity index (χ4v) is 5.17. The highest BCUT2D eigenvalue weighted by Crippen LogP contribution is 2.39. The van der Waals surface area contributed by atoms with E-state index in [-0.39, 0.29) is 35.0 Å². The van der Waals surface area contributed by atoms with Crippen molar-refractivity contribution in [1.29, 1.82) is 0 Å². The van der Waals surface area contributed by atoms with Gasteiger partial charge < -0.3 is 15.0 Å². The minimum atomic E-state index is -0.561. The number of rotatable bonds is 5. The molecule has 2 saturated heterocycles. The van der Waals surface area contributed by atoms with Crippen molar-refractivity contribution in [3.8, 4) is 0 Å². The van der Waals surface area contributed by atoms with Gasteiger partial charge >= 0.3 is 0 Å². The molecule has 0 aromatic heterocycles. The van der Waals surface area contributed by atoms with Gasteiger partial charge in [0.25, 0.3) is 0 Å². The summed E-state index contributed by atoms with van der Waals surface area (Å²) in [7, 11) is 0. The summed E-state index contributed by atoms with van der Waals surface area (Å²) in [6, 6.07) is 3.17. The summed E-state index contributed by atoms with van der Waals surface area (Å²) < 4.78 is 33.4. The van der Waals surface area contributed by atoms with Crippen LogP contribution in [-0.4, -0.2) is 48.1 Å². The van der Waals surface area contributed by atoms with E-state index >= 15 is 0 Å². The number of piperidine rings is 1. The number of carbonyl (C=O) groups excluding carboxylic acids is 2. The first-order valence-corrected chi connectivity index (χ1v) is 11.8. The van der Waals surface area contributed by atoms with E-state index in [1.54, 1.807) is 4.90 Å². The summed E-state index contributed by atoms with van der Waals surface area (Å²) in [6.07, 6.45) is 11.5. The van der Waals surface area contributed by atoms with E-state index in [1.165, 1.54) is 18.6 Å². The van der Waals surface area contributed by atoms with Gasteiger partial charge in [0.15, 0.2) is 0 Å². The van der Waals surface area contributed by atoms with Gasteiger partial charge in [0.2, 0.25) is 11.8 Å². The highest BCUT2D eigenvalue weighted by molar-refractivity contribution is 5.91.